The molecule has 2 heterocycles. The fraction of sp³-hybridized carbons (Fsp3) is 0. The smallest absolute Gasteiger partial charge is 0.106 e. The molecule has 81 valence electrons. The van der Waals surface area contributed by atoms with E-state index in [1.54, 1.807) is 17.7 Å². The van der Waals surface area contributed by atoms with Gasteiger partial charge in [0.1, 0.15) is 6.33 Å². The van der Waals surface area contributed by atoms with Crippen LogP contribution in [0, 0.1) is 6.07 Å². The van der Waals surface area contributed by atoms with Gasteiger partial charge in [0, 0.05) is 30.5 Å². The maximum absolute atomic E-state index is 4.32. The standard InChI is InChI=1S/C12H7N2S.Ir/c1-2-4-9(5-3-1)11-12-10(6-7-15-12)13-8-14-11;/h1-4,6-8H;/q-1;. The van der Waals surface area contributed by atoms with Crippen LogP contribution in [0.2, 0.25) is 0 Å². The molecule has 2 aromatic heterocycles. The molecule has 4 heteroatoms. The van der Waals surface area contributed by atoms with Gasteiger partial charge < -0.3 is 0 Å². The third kappa shape index (κ3) is 1.92. The molecule has 0 saturated carbocycles. The summed E-state index contributed by atoms with van der Waals surface area (Å²) in [5.74, 6) is 0. The zero-order valence-corrected chi connectivity index (χ0v) is 11.4. The zero-order chi connectivity index (χ0) is 10.1. The quantitative estimate of drug-likeness (QED) is 0.584. The minimum absolute atomic E-state index is 0. The SMILES string of the molecule is [Ir].[c-]1ccccc1-c1ncnc2ccsc12. The summed E-state index contributed by atoms with van der Waals surface area (Å²) in [6.07, 6.45) is 1.60. The second kappa shape index (κ2) is 4.83. The topological polar surface area (TPSA) is 25.8 Å². The number of hydrogen-bond acceptors (Lipinski definition) is 3. The van der Waals surface area contributed by atoms with Crippen LogP contribution in [0.4, 0.5) is 0 Å². The first-order chi connectivity index (χ1) is 7.45. The second-order valence-electron chi connectivity index (χ2n) is 3.13. The predicted octanol–water partition coefficient (Wildman–Crippen LogP) is 3.16. The molecule has 0 unspecified atom stereocenters. The summed E-state index contributed by atoms with van der Waals surface area (Å²) in [6, 6.07) is 13.1. The molecule has 0 bridgehead atoms. The Morgan fingerprint density at radius 1 is 1.12 bits per heavy atom. The molecule has 0 amide bonds. The summed E-state index contributed by atoms with van der Waals surface area (Å²) in [7, 11) is 0. The van der Waals surface area contributed by atoms with Crippen LogP contribution in [0.3, 0.4) is 0 Å². The molecule has 0 aliphatic carbocycles. The number of thiophene rings is 1. The van der Waals surface area contributed by atoms with Gasteiger partial charge in [-0.25, -0.2) is 4.98 Å². The van der Waals surface area contributed by atoms with Crippen molar-refractivity contribution >= 4 is 21.6 Å². The first-order valence-electron chi connectivity index (χ1n) is 4.60. The Kier molecular flexibility index (Phi) is 3.44. The minimum Gasteiger partial charge on any atom is -0.284 e. The number of fused-ring (bicyclic) bond motifs is 1. The van der Waals surface area contributed by atoms with Gasteiger partial charge in [-0.05, 0) is 11.4 Å². The molecular formula is C12H7IrN2S-. The molecule has 3 rings (SSSR count). The third-order valence-corrected chi connectivity index (χ3v) is 3.12. The molecule has 16 heavy (non-hydrogen) atoms. The average molecular weight is 403 g/mol. The zero-order valence-electron chi connectivity index (χ0n) is 8.18. The van der Waals surface area contributed by atoms with Gasteiger partial charge >= 0.3 is 0 Å². The van der Waals surface area contributed by atoms with Crippen molar-refractivity contribution in [3.63, 3.8) is 0 Å². The van der Waals surface area contributed by atoms with E-state index in [9.17, 15) is 0 Å². The van der Waals surface area contributed by atoms with E-state index in [-0.39, 0.29) is 20.1 Å². The van der Waals surface area contributed by atoms with Gasteiger partial charge in [-0.3, -0.25) is 4.98 Å². The van der Waals surface area contributed by atoms with E-state index >= 15 is 0 Å². The minimum atomic E-state index is 0. The molecular weight excluding hydrogens is 396 g/mol. The van der Waals surface area contributed by atoms with Crippen molar-refractivity contribution in [3.05, 3.63) is 48.1 Å². The van der Waals surface area contributed by atoms with Crippen LogP contribution in [0.25, 0.3) is 21.5 Å². The Labute approximate surface area is 111 Å². The molecule has 1 aromatic carbocycles. The molecule has 0 N–H and O–H groups in total. The van der Waals surface area contributed by atoms with E-state index in [1.807, 2.05) is 35.7 Å². The van der Waals surface area contributed by atoms with Crippen LogP contribution in [-0.2, 0) is 20.1 Å². The average Bonchev–Trinajstić information content (AvgIpc) is 2.78. The molecule has 0 aliphatic rings. The van der Waals surface area contributed by atoms with Crippen molar-refractivity contribution in [1.82, 2.24) is 9.97 Å². The molecule has 1 radical (unpaired) electrons. The van der Waals surface area contributed by atoms with Crippen LogP contribution >= 0.6 is 11.3 Å². The van der Waals surface area contributed by atoms with Gasteiger partial charge in [0.15, 0.2) is 0 Å². The van der Waals surface area contributed by atoms with Gasteiger partial charge in [-0.1, -0.05) is 0 Å². The van der Waals surface area contributed by atoms with Crippen LogP contribution in [-0.4, -0.2) is 9.97 Å². The Morgan fingerprint density at radius 3 is 2.88 bits per heavy atom. The summed E-state index contributed by atoms with van der Waals surface area (Å²) in [5, 5.41) is 2.03. The van der Waals surface area contributed by atoms with E-state index < -0.39 is 0 Å². The number of hydrogen-bond donors (Lipinski definition) is 0. The molecule has 0 atom stereocenters. The number of nitrogens with zero attached hydrogens (tertiary/aromatic N) is 2. The van der Waals surface area contributed by atoms with Gasteiger partial charge in [0.2, 0.25) is 0 Å². The molecule has 3 aromatic rings. The van der Waals surface area contributed by atoms with E-state index in [0.29, 0.717) is 0 Å². The van der Waals surface area contributed by atoms with E-state index in [0.717, 1.165) is 21.5 Å². The monoisotopic (exact) mass is 404 g/mol. The van der Waals surface area contributed by atoms with Crippen LogP contribution < -0.4 is 0 Å². The first kappa shape index (κ1) is 11.4. The van der Waals surface area contributed by atoms with E-state index in [4.69, 9.17) is 0 Å². The Hall–Kier alpha value is -1.09. The van der Waals surface area contributed by atoms with Crippen molar-refractivity contribution in [3.8, 4) is 11.3 Å². The molecule has 0 aliphatic heterocycles. The predicted molar refractivity (Wildman–Crippen MR) is 61.7 cm³/mol. The van der Waals surface area contributed by atoms with Crippen molar-refractivity contribution < 1.29 is 20.1 Å². The number of aromatic nitrogens is 2. The molecule has 0 spiro atoms. The van der Waals surface area contributed by atoms with E-state index in [2.05, 4.69) is 16.0 Å². The van der Waals surface area contributed by atoms with Crippen LogP contribution in [0.1, 0.15) is 0 Å². The van der Waals surface area contributed by atoms with Gasteiger partial charge in [0.25, 0.3) is 0 Å². The Morgan fingerprint density at radius 2 is 2.06 bits per heavy atom. The van der Waals surface area contributed by atoms with Crippen LogP contribution in [0.15, 0.2) is 42.0 Å². The molecule has 2 nitrogen and oxygen atoms in total. The van der Waals surface area contributed by atoms with Gasteiger partial charge in [-0.2, -0.15) is 11.3 Å². The maximum atomic E-state index is 4.32. The van der Waals surface area contributed by atoms with Crippen molar-refractivity contribution in [2.45, 2.75) is 0 Å². The van der Waals surface area contributed by atoms with Gasteiger partial charge in [-0.15, -0.1) is 35.9 Å². The summed E-state index contributed by atoms with van der Waals surface area (Å²) >= 11 is 1.66. The van der Waals surface area contributed by atoms with Crippen molar-refractivity contribution in [1.29, 1.82) is 0 Å². The second-order valence-corrected chi connectivity index (χ2v) is 4.05. The summed E-state index contributed by atoms with van der Waals surface area (Å²) in [5.41, 5.74) is 2.99. The molecule has 0 fully saturated rings. The summed E-state index contributed by atoms with van der Waals surface area (Å²) in [6.45, 7) is 0. The normalized spacial score (nSPS) is 10.0. The van der Waals surface area contributed by atoms with Crippen LogP contribution in [0.5, 0.6) is 0 Å². The maximum Gasteiger partial charge on any atom is 0.106 e. The molecule has 0 saturated heterocycles. The largest absolute Gasteiger partial charge is 0.284 e. The fourth-order valence-corrected chi connectivity index (χ4v) is 2.37. The number of benzene rings is 1. The summed E-state index contributed by atoms with van der Waals surface area (Å²) < 4.78 is 1.12. The van der Waals surface area contributed by atoms with E-state index in [1.165, 1.54) is 0 Å². The van der Waals surface area contributed by atoms with Crippen molar-refractivity contribution in [2.24, 2.45) is 0 Å². The fourth-order valence-electron chi connectivity index (χ4n) is 1.52. The Balaban J connectivity index is 0.000000963. The summed E-state index contributed by atoms with van der Waals surface area (Å²) in [4.78, 5) is 8.53. The third-order valence-electron chi connectivity index (χ3n) is 2.21. The Bertz CT molecular complexity index is 592. The number of rotatable bonds is 1. The van der Waals surface area contributed by atoms with Crippen molar-refractivity contribution in [2.75, 3.05) is 0 Å². The first-order valence-corrected chi connectivity index (χ1v) is 5.48. The van der Waals surface area contributed by atoms with Gasteiger partial charge in [0.05, 0.1) is 5.52 Å².